The predicted octanol–water partition coefficient (Wildman–Crippen LogP) is 2.93. The number of carbonyl (C=O) groups excluding carboxylic acids is 1. The van der Waals surface area contributed by atoms with Crippen LogP contribution in [0, 0.1) is 34.5 Å². The van der Waals surface area contributed by atoms with Crippen molar-refractivity contribution in [1.29, 1.82) is 0 Å². The smallest absolute Gasteiger partial charge is 0.139 e. The van der Waals surface area contributed by atoms with E-state index in [4.69, 9.17) is 0 Å². The Kier molecular flexibility index (Phi) is 3.30. The molecule has 0 aromatic rings. The van der Waals surface area contributed by atoms with Gasteiger partial charge in [-0.2, -0.15) is 0 Å². The van der Waals surface area contributed by atoms with E-state index in [0.29, 0.717) is 23.5 Å². The Morgan fingerprint density at radius 2 is 1.73 bits per heavy atom. The fourth-order valence-electron chi connectivity index (χ4n) is 7.05. The standard InChI is InChI=1S/C19H30O3/c1-18-7-5-11(20)9-15(18)16(21)10-12-13-3-4-17(22)19(13,2)8-6-14(12)18/h11-16,20-21H,3-10H2,1-2H3/t11-,12+,13+,14+,15+,16+,18-,19+/m1/s1. The van der Waals surface area contributed by atoms with Crippen LogP contribution in [0.2, 0.25) is 0 Å². The molecule has 3 heteroatoms. The molecule has 0 spiro atoms. The minimum absolute atomic E-state index is 0.113. The summed E-state index contributed by atoms with van der Waals surface area (Å²) in [6, 6.07) is 0. The van der Waals surface area contributed by atoms with Crippen molar-refractivity contribution in [2.24, 2.45) is 34.5 Å². The van der Waals surface area contributed by atoms with Gasteiger partial charge in [-0.25, -0.2) is 0 Å². The largest absolute Gasteiger partial charge is 0.393 e. The number of carbonyl (C=O) groups is 1. The van der Waals surface area contributed by atoms with E-state index in [9.17, 15) is 15.0 Å². The maximum absolute atomic E-state index is 12.4. The zero-order valence-corrected chi connectivity index (χ0v) is 13.9. The number of Topliss-reactive ketones (excluding diaryl/α,β-unsaturated/α-hetero) is 1. The fourth-order valence-corrected chi connectivity index (χ4v) is 7.05. The molecule has 4 aliphatic carbocycles. The second-order valence-electron chi connectivity index (χ2n) is 9.14. The molecule has 0 unspecified atom stereocenters. The maximum atomic E-state index is 12.4. The highest BCUT2D eigenvalue weighted by molar-refractivity contribution is 5.87. The van der Waals surface area contributed by atoms with E-state index in [1.807, 2.05) is 0 Å². The second-order valence-corrected chi connectivity index (χ2v) is 9.14. The van der Waals surface area contributed by atoms with Crippen LogP contribution >= 0.6 is 0 Å². The number of aliphatic hydroxyl groups is 2. The van der Waals surface area contributed by atoms with Crippen molar-refractivity contribution >= 4 is 5.78 Å². The first-order valence-electron chi connectivity index (χ1n) is 9.25. The Balaban J connectivity index is 1.68. The molecule has 4 saturated carbocycles. The van der Waals surface area contributed by atoms with Gasteiger partial charge in [0.05, 0.1) is 12.2 Å². The first-order chi connectivity index (χ1) is 10.4. The van der Waals surface area contributed by atoms with Crippen LogP contribution in [-0.2, 0) is 4.79 Å². The van der Waals surface area contributed by atoms with Crippen molar-refractivity contribution in [2.75, 3.05) is 0 Å². The van der Waals surface area contributed by atoms with Crippen LogP contribution in [-0.4, -0.2) is 28.2 Å². The lowest BCUT2D eigenvalue weighted by molar-refractivity contribution is -0.170. The molecule has 2 N–H and O–H groups in total. The summed E-state index contributed by atoms with van der Waals surface area (Å²) in [5, 5.41) is 20.8. The van der Waals surface area contributed by atoms with Crippen LogP contribution in [0.4, 0.5) is 0 Å². The normalized spacial score (nSPS) is 57.9. The molecule has 0 aliphatic heterocycles. The summed E-state index contributed by atoms with van der Waals surface area (Å²) >= 11 is 0. The molecule has 0 amide bonds. The molecule has 0 aromatic heterocycles. The summed E-state index contributed by atoms with van der Waals surface area (Å²) < 4.78 is 0. The van der Waals surface area contributed by atoms with Gasteiger partial charge in [0, 0.05) is 11.8 Å². The summed E-state index contributed by atoms with van der Waals surface area (Å²) in [7, 11) is 0. The van der Waals surface area contributed by atoms with Gasteiger partial charge in [-0.3, -0.25) is 4.79 Å². The van der Waals surface area contributed by atoms with Gasteiger partial charge < -0.3 is 10.2 Å². The lowest BCUT2D eigenvalue weighted by Gasteiger charge is -2.61. The number of ketones is 1. The Morgan fingerprint density at radius 1 is 0.955 bits per heavy atom. The summed E-state index contributed by atoms with van der Waals surface area (Å²) in [5.74, 6) is 2.35. The molecule has 8 atom stereocenters. The summed E-state index contributed by atoms with van der Waals surface area (Å²) in [6.45, 7) is 4.55. The monoisotopic (exact) mass is 306 g/mol. The molecule has 124 valence electrons. The van der Waals surface area contributed by atoms with Crippen LogP contribution in [0.15, 0.2) is 0 Å². The van der Waals surface area contributed by atoms with Crippen molar-refractivity contribution in [3.05, 3.63) is 0 Å². The average Bonchev–Trinajstić information content (AvgIpc) is 2.77. The van der Waals surface area contributed by atoms with Gasteiger partial charge in [0.25, 0.3) is 0 Å². The number of hydrogen-bond donors (Lipinski definition) is 2. The zero-order chi connectivity index (χ0) is 15.7. The van der Waals surface area contributed by atoms with Crippen LogP contribution in [0.25, 0.3) is 0 Å². The number of fused-ring (bicyclic) bond motifs is 5. The van der Waals surface area contributed by atoms with E-state index < -0.39 is 0 Å². The highest BCUT2D eigenvalue weighted by Gasteiger charge is 2.61. The van der Waals surface area contributed by atoms with Gasteiger partial charge in [-0.05, 0) is 74.0 Å². The number of hydrogen-bond acceptors (Lipinski definition) is 3. The average molecular weight is 306 g/mol. The van der Waals surface area contributed by atoms with Gasteiger partial charge >= 0.3 is 0 Å². The zero-order valence-electron chi connectivity index (χ0n) is 13.9. The lowest BCUT2D eigenvalue weighted by atomic mass is 9.44. The third-order valence-electron chi connectivity index (χ3n) is 8.36. The van der Waals surface area contributed by atoms with E-state index >= 15 is 0 Å². The molecular weight excluding hydrogens is 276 g/mol. The molecule has 3 nitrogen and oxygen atoms in total. The van der Waals surface area contributed by atoms with Crippen molar-refractivity contribution in [3.8, 4) is 0 Å². The molecule has 0 aromatic carbocycles. The van der Waals surface area contributed by atoms with Crippen LogP contribution in [0.3, 0.4) is 0 Å². The molecule has 4 aliphatic rings. The van der Waals surface area contributed by atoms with Crippen LogP contribution < -0.4 is 0 Å². The lowest BCUT2D eigenvalue weighted by Crippen LogP contribution is -2.58. The Bertz CT molecular complexity index is 489. The van der Waals surface area contributed by atoms with Crippen molar-refractivity contribution in [1.82, 2.24) is 0 Å². The van der Waals surface area contributed by atoms with Crippen molar-refractivity contribution < 1.29 is 15.0 Å². The van der Waals surface area contributed by atoms with Crippen LogP contribution in [0.5, 0.6) is 0 Å². The van der Waals surface area contributed by atoms with Crippen LogP contribution in [0.1, 0.15) is 65.2 Å². The van der Waals surface area contributed by atoms with Gasteiger partial charge in [0.1, 0.15) is 5.78 Å². The highest BCUT2D eigenvalue weighted by Crippen LogP contribution is 2.65. The molecule has 4 fully saturated rings. The first kappa shape index (κ1) is 15.1. The molecule has 22 heavy (non-hydrogen) atoms. The third-order valence-corrected chi connectivity index (χ3v) is 8.36. The minimum atomic E-state index is -0.292. The Labute approximate surface area is 133 Å². The van der Waals surface area contributed by atoms with Crippen molar-refractivity contribution in [2.45, 2.75) is 77.4 Å². The topological polar surface area (TPSA) is 57.5 Å². The quantitative estimate of drug-likeness (QED) is 0.723. The SMILES string of the molecule is C[C@]12CC[C@@H](O)C[C@H]1[C@@H](O)C[C@@H]1[C@@H]2CC[C@]2(C)C(=O)CC[C@@H]12. The van der Waals surface area contributed by atoms with E-state index in [2.05, 4.69) is 13.8 Å². The highest BCUT2D eigenvalue weighted by atomic mass is 16.3. The second kappa shape index (κ2) is 4.80. The molecule has 0 radical (unpaired) electrons. The molecule has 4 rings (SSSR count). The Hall–Kier alpha value is -0.410. The fraction of sp³-hybridized carbons (Fsp3) is 0.947. The minimum Gasteiger partial charge on any atom is -0.393 e. The molecular formula is C19H30O3. The third kappa shape index (κ3) is 1.84. The molecule has 0 saturated heterocycles. The van der Waals surface area contributed by atoms with E-state index in [1.54, 1.807) is 0 Å². The number of aliphatic hydroxyl groups excluding tert-OH is 2. The summed E-state index contributed by atoms with van der Waals surface area (Å²) in [5.41, 5.74) is 0.0484. The summed E-state index contributed by atoms with van der Waals surface area (Å²) in [6.07, 6.45) is 6.97. The van der Waals surface area contributed by atoms with E-state index in [1.165, 1.54) is 0 Å². The molecule has 0 heterocycles. The Morgan fingerprint density at radius 3 is 2.50 bits per heavy atom. The number of rotatable bonds is 0. The van der Waals surface area contributed by atoms with Gasteiger partial charge in [-0.1, -0.05) is 13.8 Å². The maximum Gasteiger partial charge on any atom is 0.139 e. The van der Waals surface area contributed by atoms with Crippen molar-refractivity contribution in [3.63, 3.8) is 0 Å². The van der Waals surface area contributed by atoms with E-state index in [-0.39, 0.29) is 29.0 Å². The van der Waals surface area contributed by atoms with E-state index in [0.717, 1.165) is 51.4 Å². The molecule has 0 bridgehead atoms. The van der Waals surface area contributed by atoms with Gasteiger partial charge in [0.15, 0.2) is 0 Å². The van der Waals surface area contributed by atoms with Gasteiger partial charge in [-0.15, -0.1) is 0 Å². The first-order valence-corrected chi connectivity index (χ1v) is 9.25. The van der Waals surface area contributed by atoms with Gasteiger partial charge in [0.2, 0.25) is 0 Å². The predicted molar refractivity (Wildman–Crippen MR) is 84.1 cm³/mol. The summed E-state index contributed by atoms with van der Waals surface area (Å²) in [4.78, 5) is 12.4.